The van der Waals surface area contributed by atoms with Crippen molar-refractivity contribution in [1.29, 1.82) is 0 Å². The largest absolute Gasteiger partial charge is 0.472 e. The van der Waals surface area contributed by atoms with Gasteiger partial charge in [0.25, 0.3) is 0 Å². The van der Waals surface area contributed by atoms with Crippen molar-refractivity contribution in [3.8, 4) is 0 Å². The number of phosphoric ester groups is 1. The Kier molecular flexibility index (Phi) is 55.3. The number of esters is 1. The second kappa shape index (κ2) is 57.0. The van der Waals surface area contributed by atoms with Crippen LogP contribution in [0.4, 0.5) is 0 Å². The minimum atomic E-state index is -4.45. The van der Waals surface area contributed by atoms with Gasteiger partial charge in [-0.05, 0) is 96.0 Å². The average Bonchev–Trinajstić information content (AvgIpc) is 3.39. The molecule has 0 aromatic heterocycles. The van der Waals surface area contributed by atoms with Gasteiger partial charge in [-0.15, -0.1) is 0 Å². The number of carbonyl (C=O) groups excluding carboxylic acids is 2. The first kappa shape index (κ1) is 74.7. The Morgan fingerprint density at radius 1 is 0.455 bits per heavy atom. The number of hydrogen-bond acceptors (Lipinski definition) is 6. The second-order valence-corrected chi connectivity index (χ2v) is 24.7. The van der Waals surface area contributed by atoms with Crippen LogP contribution in [0.25, 0.3) is 0 Å². The smallest absolute Gasteiger partial charge is 0.456 e. The molecule has 2 N–H and O–H groups in total. The van der Waals surface area contributed by atoms with Crippen LogP contribution in [0.3, 0.4) is 0 Å². The van der Waals surface area contributed by atoms with Gasteiger partial charge in [0, 0.05) is 12.8 Å². The second-order valence-electron chi connectivity index (χ2n) is 23.3. The number of nitrogens with zero attached hydrogens (tertiary/aromatic N) is 1. The molecule has 0 spiro atoms. The van der Waals surface area contributed by atoms with Crippen molar-refractivity contribution < 1.29 is 37.3 Å². The van der Waals surface area contributed by atoms with Crippen molar-refractivity contribution in [3.63, 3.8) is 0 Å². The molecule has 0 rings (SSSR count). The summed E-state index contributed by atoms with van der Waals surface area (Å²) in [6.07, 6.45) is 72.1. The number of phosphoric acid groups is 1. The van der Waals surface area contributed by atoms with Crippen molar-refractivity contribution in [1.82, 2.24) is 5.32 Å². The minimum Gasteiger partial charge on any atom is -0.456 e. The Balaban J connectivity index is 5.17. The molecule has 0 aromatic carbocycles. The van der Waals surface area contributed by atoms with Crippen molar-refractivity contribution >= 4 is 19.7 Å². The molecule has 450 valence electrons. The van der Waals surface area contributed by atoms with Crippen LogP contribution < -0.4 is 5.32 Å². The molecule has 0 bridgehead atoms. The molecule has 0 heterocycles. The number of ether oxygens (including phenoxy) is 1. The summed E-state index contributed by atoms with van der Waals surface area (Å²) in [6.45, 7) is 6.99. The van der Waals surface area contributed by atoms with Crippen LogP contribution in [0, 0.1) is 0 Å². The molecule has 0 aliphatic rings. The van der Waals surface area contributed by atoms with Crippen LogP contribution in [-0.2, 0) is 27.9 Å². The van der Waals surface area contributed by atoms with E-state index in [4.69, 9.17) is 13.8 Å². The summed E-state index contributed by atoms with van der Waals surface area (Å²) in [5.74, 6) is -0.509. The van der Waals surface area contributed by atoms with Crippen LogP contribution in [0.1, 0.15) is 303 Å². The summed E-state index contributed by atoms with van der Waals surface area (Å²) in [7, 11) is 1.49. The van der Waals surface area contributed by atoms with E-state index >= 15 is 0 Å². The molecule has 77 heavy (non-hydrogen) atoms. The van der Waals surface area contributed by atoms with E-state index in [2.05, 4.69) is 74.7 Å². The van der Waals surface area contributed by atoms with E-state index in [1.807, 2.05) is 33.3 Å². The number of quaternary nitrogens is 1. The zero-order valence-corrected chi connectivity index (χ0v) is 52.3. The van der Waals surface area contributed by atoms with E-state index in [0.717, 1.165) is 83.5 Å². The Labute approximate surface area is 477 Å². The summed E-state index contributed by atoms with van der Waals surface area (Å²) in [6, 6.07) is -0.853. The first-order valence-electron chi connectivity index (χ1n) is 32.6. The average molecular weight is 1100 g/mol. The highest BCUT2D eigenvalue weighted by molar-refractivity contribution is 7.47. The molecule has 3 unspecified atom stereocenters. The molecule has 9 nitrogen and oxygen atoms in total. The summed E-state index contributed by atoms with van der Waals surface area (Å²) in [4.78, 5) is 37.8. The van der Waals surface area contributed by atoms with Crippen LogP contribution in [0.5, 0.6) is 0 Å². The third-order valence-corrected chi connectivity index (χ3v) is 15.4. The Bertz CT molecular complexity index is 1500. The number of unbranched alkanes of at least 4 members (excludes halogenated alkanes) is 35. The fourth-order valence-electron chi connectivity index (χ4n) is 9.35. The van der Waals surface area contributed by atoms with Crippen LogP contribution in [-0.4, -0.2) is 74.3 Å². The van der Waals surface area contributed by atoms with Gasteiger partial charge >= 0.3 is 13.8 Å². The Hall–Kier alpha value is -2.29. The number of amides is 1. The maximum atomic E-state index is 13.6. The van der Waals surface area contributed by atoms with Gasteiger partial charge in [0.05, 0.1) is 33.8 Å². The number of likely N-dealkylation sites (N-methyl/N-ethyl adjacent to an activating group) is 1. The highest BCUT2D eigenvalue weighted by Gasteiger charge is 2.30. The zero-order chi connectivity index (χ0) is 56.4. The van der Waals surface area contributed by atoms with E-state index in [1.54, 1.807) is 0 Å². The summed E-state index contributed by atoms with van der Waals surface area (Å²) < 4.78 is 30.7. The molecule has 0 radical (unpaired) electrons. The third kappa shape index (κ3) is 58.2. The minimum absolute atomic E-state index is 0.0379. The maximum Gasteiger partial charge on any atom is 0.472 e. The quantitative estimate of drug-likeness (QED) is 0.0205. The lowest BCUT2D eigenvalue weighted by Crippen LogP contribution is -2.47. The highest BCUT2D eigenvalue weighted by atomic mass is 31.2. The van der Waals surface area contributed by atoms with Crippen LogP contribution >= 0.6 is 7.82 Å². The molecule has 0 aromatic rings. The van der Waals surface area contributed by atoms with E-state index in [-0.39, 0.29) is 31.5 Å². The zero-order valence-electron chi connectivity index (χ0n) is 51.5. The molecule has 1 amide bonds. The molecule has 0 saturated heterocycles. The van der Waals surface area contributed by atoms with Crippen molar-refractivity contribution in [2.75, 3.05) is 40.9 Å². The fraction of sp³-hybridized carbons (Fsp3) is 0.821. The standard InChI is InChI=1S/C67H125N2O7P/c1-7-10-13-16-19-22-25-27-29-31-33-34-36-38-40-42-45-48-51-54-57-60-67(71)76-65(58-55-52-49-46-43-24-21-18-15-12-9-3)64(63-75-77(72,73)74-62-61-69(4,5)6)68-66(70)59-56-53-50-47-44-41-39-37-35-32-30-28-26-23-20-17-14-11-8-2/h19,22,27-30,33-34,55,58,64-65H,7-18,20-21,23-26,31-32,35-54,56-57,59-63H2,1-6H3,(H-,68,70,72,73)/p+1/b22-19-,29-27-,30-28+,34-33-,58-55+. The number of allylic oxidation sites excluding steroid dienone is 9. The van der Waals surface area contributed by atoms with Gasteiger partial charge in [-0.25, -0.2) is 4.57 Å². The van der Waals surface area contributed by atoms with E-state index in [1.165, 1.54) is 186 Å². The molecule has 0 fully saturated rings. The fourth-order valence-corrected chi connectivity index (χ4v) is 10.1. The number of nitrogens with one attached hydrogen (secondary N) is 1. The summed E-state index contributed by atoms with van der Waals surface area (Å²) >= 11 is 0. The van der Waals surface area contributed by atoms with Gasteiger partial charge in [-0.1, -0.05) is 255 Å². The Morgan fingerprint density at radius 3 is 1.22 bits per heavy atom. The topological polar surface area (TPSA) is 111 Å². The SMILES string of the molecule is CCCCC/C=C\C/C=C\C/C=C\CCCCCCCCCCC(=O)OC(/C=C/CCCCCCCCCCC)C(COP(=O)(O)OCC[N+](C)(C)C)NC(=O)CCCCCCCCCCC/C=C/CCCCCCCC. The normalized spacial score (nSPS) is 14.0. The number of rotatable bonds is 59. The van der Waals surface area contributed by atoms with E-state index in [9.17, 15) is 19.0 Å². The molecule has 0 aliphatic carbocycles. The first-order chi connectivity index (χ1) is 37.4. The monoisotopic (exact) mass is 1100 g/mol. The molecule has 0 saturated carbocycles. The Morgan fingerprint density at radius 2 is 0.792 bits per heavy atom. The van der Waals surface area contributed by atoms with Gasteiger partial charge in [-0.2, -0.15) is 0 Å². The van der Waals surface area contributed by atoms with Crippen molar-refractivity contribution in [3.05, 3.63) is 60.8 Å². The van der Waals surface area contributed by atoms with Crippen LogP contribution in [0.15, 0.2) is 60.8 Å². The summed E-state index contributed by atoms with van der Waals surface area (Å²) in [5, 5.41) is 3.06. The van der Waals surface area contributed by atoms with Gasteiger partial charge in [0.2, 0.25) is 5.91 Å². The molecular formula is C67H126N2O7P+. The number of hydrogen-bond donors (Lipinski definition) is 2. The molecular weight excluding hydrogens is 976 g/mol. The maximum absolute atomic E-state index is 13.6. The molecule has 0 aliphatic heterocycles. The first-order valence-corrected chi connectivity index (χ1v) is 34.1. The van der Waals surface area contributed by atoms with E-state index in [0.29, 0.717) is 17.4 Å². The van der Waals surface area contributed by atoms with Gasteiger partial charge < -0.3 is 19.4 Å². The van der Waals surface area contributed by atoms with Crippen LogP contribution in [0.2, 0.25) is 0 Å². The third-order valence-electron chi connectivity index (χ3n) is 14.4. The predicted octanol–water partition coefficient (Wildman–Crippen LogP) is 20.2. The van der Waals surface area contributed by atoms with Crippen molar-refractivity contribution in [2.24, 2.45) is 0 Å². The van der Waals surface area contributed by atoms with E-state index < -0.39 is 20.0 Å². The van der Waals surface area contributed by atoms with Gasteiger partial charge in [0.15, 0.2) is 0 Å². The molecule has 3 atom stereocenters. The summed E-state index contributed by atoms with van der Waals surface area (Å²) in [5.41, 5.74) is 0. The van der Waals surface area contributed by atoms with Gasteiger partial charge in [0.1, 0.15) is 19.3 Å². The van der Waals surface area contributed by atoms with Crippen molar-refractivity contribution in [2.45, 2.75) is 315 Å². The highest BCUT2D eigenvalue weighted by Crippen LogP contribution is 2.43. The predicted molar refractivity (Wildman–Crippen MR) is 332 cm³/mol. The lowest BCUT2D eigenvalue weighted by atomic mass is 10.0. The lowest BCUT2D eigenvalue weighted by molar-refractivity contribution is -0.870. The number of carbonyl (C=O) groups is 2. The van der Waals surface area contributed by atoms with Gasteiger partial charge in [-0.3, -0.25) is 18.6 Å². The lowest BCUT2D eigenvalue weighted by Gasteiger charge is -2.27. The molecule has 10 heteroatoms.